The summed E-state index contributed by atoms with van der Waals surface area (Å²) in [5, 5.41) is 95.0. The predicted octanol–water partition coefficient (Wildman–Crippen LogP) is 4.47. The van der Waals surface area contributed by atoms with Crippen LogP contribution in [0.3, 0.4) is 0 Å². The van der Waals surface area contributed by atoms with Gasteiger partial charge in [0.25, 0.3) is 0 Å². The first kappa shape index (κ1) is 25.5. The molecule has 2 atom stereocenters. The summed E-state index contributed by atoms with van der Waals surface area (Å²) in [6.07, 6.45) is 0.283. The van der Waals surface area contributed by atoms with Crippen LogP contribution in [-0.4, -0.2) is 46.0 Å². The third-order valence-corrected chi connectivity index (χ3v) is 7.04. The molecule has 0 amide bonds. The lowest BCUT2D eigenvalue weighted by Gasteiger charge is -2.36. The van der Waals surface area contributed by atoms with Crippen LogP contribution >= 0.6 is 0 Å². The summed E-state index contributed by atoms with van der Waals surface area (Å²) in [5.74, 6) is -4.35. The minimum Gasteiger partial charge on any atom is -0.508 e. The van der Waals surface area contributed by atoms with Crippen LogP contribution in [-0.2, 0) is 10.8 Å². The summed E-state index contributed by atoms with van der Waals surface area (Å²) in [4.78, 5) is 0. The van der Waals surface area contributed by atoms with Crippen LogP contribution in [0.5, 0.6) is 51.7 Å². The van der Waals surface area contributed by atoms with E-state index in [4.69, 9.17) is 0 Å². The maximum atomic E-state index is 11.5. The van der Waals surface area contributed by atoms with E-state index < -0.39 is 51.1 Å². The lowest BCUT2D eigenvalue weighted by atomic mass is 9.67. The van der Waals surface area contributed by atoms with E-state index in [1.165, 1.54) is 0 Å². The normalized spacial score (nSPS) is 14.9. The molecule has 0 aliphatic carbocycles. The molecule has 0 aliphatic rings. The Morgan fingerprint density at radius 3 is 0.971 bits per heavy atom. The van der Waals surface area contributed by atoms with Gasteiger partial charge in [-0.2, -0.15) is 0 Å². The molecule has 0 fully saturated rings. The second kappa shape index (κ2) is 8.57. The summed E-state index contributed by atoms with van der Waals surface area (Å²) < 4.78 is 0. The predicted molar refractivity (Wildman–Crippen MR) is 128 cm³/mol. The van der Waals surface area contributed by atoms with Crippen molar-refractivity contribution in [2.24, 2.45) is 0 Å². The van der Waals surface area contributed by atoms with Crippen molar-refractivity contribution in [1.29, 1.82) is 0 Å². The minimum atomic E-state index is -1.42. The van der Waals surface area contributed by atoms with Crippen molar-refractivity contribution in [1.82, 2.24) is 0 Å². The van der Waals surface area contributed by atoms with Gasteiger partial charge in [-0.15, -0.1) is 0 Å². The molecule has 3 aromatic rings. The fraction of sp³-hybridized carbons (Fsp3) is 0.308. The zero-order chi connectivity index (χ0) is 26.5. The van der Waals surface area contributed by atoms with Gasteiger partial charge in [0.1, 0.15) is 51.7 Å². The zero-order valence-corrected chi connectivity index (χ0v) is 19.8. The van der Waals surface area contributed by atoms with E-state index in [1.54, 1.807) is 27.7 Å². The van der Waals surface area contributed by atoms with Gasteiger partial charge in [0, 0.05) is 63.4 Å². The first-order chi connectivity index (χ1) is 16.2. The largest absolute Gasteiger partial charge is 0.508 e. The highest BCUT2D eigenvalue weighted by Gasteiger charge is 2.44. The standard InChI is InChI=1S/C26H30O9/c1-5-25(3,20-14(29)7-12(27)8-15(20)30)22-18(33)11-19(34)23(24(22)35)26(4,6-2)21-16(31)9-13(28)10-17(21)32/h7-11,27-35H,5-6H2,1-4H3. The lowest BCUT2D eigenvalue weighted by Crippen LogP contribution is -2.27. The molecule has 35 heavy (non-hydrogen) atoms. The van der Waals surface area contributed by atoms with E-state index in [-0.39, 0.29) is 46.6 Å². The molecule has 0 aliphatic heterocycles. The number of phenolic OH excluding ortho intramolecular Hbond substituents is 9. The molecule has 0 saturated carbocycles. The molecular formula is C26H30O9. The van der Waals surface area contributed by atoms with Crippen molar-refractivity contribution in [2.45, 2.75) is 51.4 Å². The molecule has 0 radical (unpaired) electrons. The number of aromatic hydroxyl groups is 9. The van der Waals surface area contributed by atoms with Gasteiger partial charge in [0.2, 0.25) is 0 Å². The van der Waals surface area contributed by atoms with E-state index in [2.05, 4.69) is 0 Å². The van der Waals surface area contributed by atoms with Gasteiger partial charge < -0.3 is 46.0 Å². The third-order valence-electron chi connectivity index (χ3n) is 7.04. The van der Waals surface area contributed by atoms with Gasteiger partial charge in [-0.3, -0.25) is 0 Å². The van der Waals surface area contributed by atoms with Crippen molar-refractivity contribution < 1.29 is 46.0 Å². The van der Waals surface area contributed by atoms with Gasteiger partial charge in [0.15, 0.2) is 0 Å². The van der Waals surface area contributed by atoms with E-state index >= 15 is 0 Å². The van der Waals surface area contributed by atoms with Crippen LogP contribution in [0.25, 0.3) is 0 Å². The van der Waals surface area contributed by atoms with Crippen molar-refractivity contribution in [2.75, 3.05) is 0 Å². The molecule has 0 spiro atoms. The summed E-state index contributed by atoms with van der Waals surface area (Å²) >= 11 is 0. The molecule has 0 bridgehead atoms. The van der Waals surface area contributed by atoms with Crippen molar-refractivity contribution in [3.63, 3.8) is 0 Å². The Balaban J connectivity index is 2.44. The average Bonchev–Trinajstić information content (AvgIpc) is 2.71. The van der Waals surface area contributed by atoms with Gasteiger partial charge in [-0.1, -0.05) is 27.7 Å². The maximum Gasteiger partial charge on any atom is 0.131 e. The molecule has 2 unspecified atom stereocenters. The average molecular weight is 487 g/mol. The first-order valence-electron chi connectivity index (χ1n) is 11.0. The van der Waals surface area contributed by atoms with E-state index in [0.717, 1.165) is 30.3 Å². The Morgan fingerprint density at radius 2 is 0.714 bits per heavy atom. The van der Waals surface area contributed by atoms with Crippen LogP contribution in [0.1, 0.15) is 62.8 Å². The maximum absolute atomic E-state index is 11.5. The van der Waals surface area contributed by atoms with Crippen LogP contribution in [0, 0.1) is 0 Å². The lowest BCUT2D eigenvalue weighted by molar-refractivity contribution is 0.351. The van der Waals surface area contributed by atoms with Crippen LogP contribution in [0.15, 0.2) is 30.3 Å². The SMILES string of the molecule is CCC(C)(c1c(O)cc(O)cc1O)c1c(O)cc(O)c(C(C)(CC)c2c(O)cc(O)cc2O)c1O. The second-order valence-electron chi connectivity index (χ2n) is 9.10. The summed E-state index contributed by atoms with van der Waals surface area (Å²) in [6.45, 7) is 6.47. The van der Waals surface area contributed by atoms with Gasteiger partial charge >= 0.3 is 0 Å². The highest BCUT2D eigenvalue weighted by Crippen LogP contribution is 2.58. The number of rotatable bonds is 6. The molecular weight excluding hydrogens is 456 g/mol. The van der Waals surface area contributed by atoms with Crippen LogP contribution < -0.4 is 0 Å². The molecule has 9 heteroatoms. The molecule has 188 valence electrons. The third kappa shape index (κ3) is 3.82. The zero-order valence-electron chi connectivity index (χ0n) is 19.8. The molecule has 3 rings (SSSR count). The van der Waals surface area contributed by atoms with Crippen molar-refractivity contribution >= 4 is 0 Å². The minimum absolute atomic E-state index is 0.0754. The molecule has 9 nitrogen and oxygen atoms in total. The molecule has 0 aromatic heterocycles. The number of hydrogen-bond acceptors (Lipinski definition) is 9. The monoisotopic (exact) mass is 486 g/mol. The Morgan fingerprint density at radius 1 is 0.457 bits per heavy atom. The summed E-state index contributed by atoms with van der Waals surface area (Å²) in [6, 6.07) is 5.06. The summed E-state index contributed by atoms with van der Waals surface area (Å²) in [7, 11) is 0. The van der Waals surface area contributed by atoms with Crippen LogP contribution in [0.2, 0.25) is 0 Å². The summed E-state index contributed by atoms with van der Waals surface area (Å²) in [5.41, 5.74) is -3.27. The Kier molecular flexibility index (Phi) is 6.24. The number of benzene rings is 3. The van der Waals surface area contributed by atoms with E-state index in [1.807, 2.05) is 0 Å². The van der Waals surface area contributed by atoms with Gasteiger partial charge in [-0.05, 0) is 12.8 Å². The Bertz CT molecular complexity index is 1160. The molecule has 0 heterocycles. The quantitative estimate of drug-likeness (QED) is 0.243. The topological polar surface area (TPSA) is 182 Å². The van der Waals surface area contributed by atoms with E-state index in [9.17, 15) is 46.0 Å². The fourth-order valence-electron chi connectivity index (χ4n) is 5.01. The Hall–Kier alpha value is -4.14. The fourth-order valence-corrected chi connectivity index (χ4v) is 5.01. The molecule has 0 saturated heterocycles. The van der Waals surface area contributed by atoms with Crippen molar-refractivity contribution in [3.8, 4) is 51.7 Å². The molecule has 9 N–H and O–H groups in total. The highest BCUT2D eigenvalue weighted by molar-refractivity contribution is 5.69. The smallest absolute Gasteiger partial charge is 0.131 e. The molecule has 3 aromatic carbocycles. The Labute approximate surface area is 202 Å². The van der Waals surface area contributed by atoms with Crippen LogP contribution in [0.4, 0.5) is 0 Å². The first-order valence-corrected chi connectivity index (χ1v) is 11.0. The van der Waals surface area contributed by atoms with Crippen molar-refractivity contribution in [3.05, 3.63) is 52.6 Å². The number of hydrogen-bond donors (Lipinski definition) is 9. The van der Waals surface area contributed by atoms with E-state index in [0.29, 0.717) is 0 Å². The van der Waals surface area contributed by atoms with Gasteiger partial charge in [-0.25, -0.2) is 0 Å². The number of phenols is 9. The second-order valence-corrected chi connectivity index (χ2v) is 9.10. The highest BCUT2D eigenvalue weighted by atomic mass is 16.3. The van der Waals surface area contributed by atoms with Gasteiger partial charge in [0.05, 0.1) is 0 Å².